The van der Waals surface area contributed by atoms with Gasteiger partial charge in [0.1, 0.15) is 0 Å². The van der Waals surface area contributed by atoms with E-state index in [1.54, 1.807) is 31.3 Å². The van der Waals surface area contributed by atoms with E-state index in [2.05, 4.69) is 0 Å². The summed E-state index contributed by atoms with van der Waals surface area (Å²) in [5, 5.41) is 0. The molecule has 0 spiro atoms. The van der Waals surface area contributed by atoms with Gasteiger partial charge in [-0.15, -0.1) is 0 Å². The highest BCUT2D eigenvalue weighted by molar-refractivity contribution is 7.88. The molecule has 0 aromatic heterocycles. The minimum absolute atomic E-state index is 0.0290. The van der Waals surface area contributed by atoms with Crippen molar-refractivity contribution in [2.75, 3.05) is 19.3 Å². The Kier molecular flexibility index (Phi) is 3.92. The van der Waals surface area contributed by atoms with E-state index in [4.69, 9.17) is 5.73 Å². The molecule has 1 aromatic rings. The van der Waals surface area contributed by atoms with Crippen molar-refractivity contribution in [2.24, 2.45) is 5.92 Å². The first-order chi connectivity index (χ1) is 8.47. The van der Waals surface area contributed by atoms with Crippen molar-refractivity contribution in [3.8, 4) is 0 Å². The van der Waals surface area contributed by atoms with Crippen LogP contribution in [0.5, 0.6) is 0 Å². The molecule has 0 heterocycles. The van der Waals surface area contributed by atoms with Crippen molar-refractivity contribution in [2.45, 2.75) is 25.0 Å². The molecule has 4 nitrogen and oxygen atoms in total. The molecule has 1 aliphatic rings. The van der Waals surface area contributed by atoms with Crippen LogP contribution in [0.4, 0.5) is 5.69 Å². The number of sulfonamides is 1. The van der Waals surface area contributed by atoms with Gasteiger partial charge in [0.25, 0.3) is 0 Å². The Balaban J connectivity index is 2.01. The first-order valence-electron chi connectivity index (χ1n) is 6.26. The molecule has 0 bridgehead atoms. The van der Waals surface area contributed by atoms with E-state index < -0.39 is 10.0 Å². The second-order valence-electron chi connectivity index (χ2n) is 5.08. The Morgan fingerprint density at radius 3 is 2.67 bits per heavy atom. The molecule has 5 heteroatoms. The summed E-state index contributed by atoms with van der Waals surface area (Å²) < 4.78 is 25.8. The maximum Gasteiger partial charge on any atom is 0.218 e. The standard InChI is InChI=1S/C13H20N2O2S/c1-15(9-11-4-2-5-11)18(16,17)10-12-6-3-7-13(14)8-12/h3,6-8,11H,2,4-5,9-10,14H2,1H3. The average Bonchev–Trinajstić information content (AvgIpc) is 2.22. The van der Waals surface area contributed by atoms with Gasteiger partial charge in [0.15, 0.2) is 0 Å². The van der Waals surface area contributed by atoms with Crippen molar-refractivity contribution < 1.29 is 8.42 Å². The Morgan fingerprint density at radius 2 is 2.11 bits per heavy atom. The fourth-order valence-electron chi connectivity index (χ4n) is 2.16. The summed E-state index contributed by atoms with van der Waals surface area (Å²) in [5.74, 6) is 0.576. The molecule has 18 heavy (non-hydrogen) atoms. The highest BCUT2D eigenvalue weighted by Crippen LogP contribution is 2.27. The Labute approximate surface area is 109 Å². The molecule has 0 saturated heterocycles. The Hall–Kier alpha value is -1.07. The number of hydrogen-bond donors (Lipinski definition) is 1. The quantitative estimate of drug-likeness (QED) is 0.829. The van der Waals surface area contributed by atoms with Gasteiger partial charge >= 0.3 is 0 Å². The maximum absolute atomic E-state index is 12.2. The van der Waals surface area contributed by atoms with Gasteiger partial charge in [-0.2, -0.15) is 0 Å². The molecule has 1 aliphatic carbocycles. The second kappa shape index (κ2) is 5.28. The van der Waals surface area contributed by atoms with E-state index in [0.717, 1.165) is 18.4 Å². The number of nitrogens with two attached hydrogens (primary N) is 1. The zero-order chi connectivity index (χ0) is 13.2. The van der Waals surface area contributed by atoms with Crippen LogP contribution in [0.3, 0.4) is 0 Å². The molecule has 1 aromatic carbocycles. The third kappa shape index (κ3) is 3.23. The van der Waals surface area contributed by atoms with Crippen LogP contribution in [0.25, 0.3) is 0 Å². The SMILES string of the molecule is CN(CC1CCC1)S(=O)(=O)Cc1cccc(N)c1. The van der Waals surface area contributed by atoms with Gasteiger partial charge < -0.3 is 5.73 Å². The molecule has 0 unspecified atom stereocenters. The highest BCUT2D eigenvalue weighted by Gasteiger charge is 2.25. The topological polar surface area (TPSA) is 63.4 Å². The van der Waals surface area contributed by atoms with Crippen LogP contribution in [-0.4, -0.2) is 26.3 Å². The molecule has 1 saturated carbocycles. The average molecular weight is 268 g/mol. The smallest absolute Gasteiger partial charge is 0.218 e. The summed E-state index contributed by atoms with van der Waals surface area (Å²) in [4.78, 5) is 0. The van der Waals surface area contributed by atoms with E-state index in [9.17, 15) is 8.42 Å². The number of nitrogen functional groups attached to an aromatic ring is 1. The van der Waals surface area contributed by atoms with Gasteiger partial charge in [0.2, 0.25) is 10.0 Å². The van der Waals surface area contributed by atoms with Gasteiger partial charge in [-0.1, -0.05) is 18.6 Å². The molecule has 2 N–H and O–H groups in total. The summed E-state index contributed by atoms with van der Waals surface area (Å²) in [6, 6.07) is 7.06. The van der Waals surface area contributed by atoms with Crippen LogP contribution in [0.2, 0.25) is 0 Å². The molecule has 0 radical (unpaired) electrons. The molecular formula is C13H20N2O2S. The lowest BCUT2D eigenvalue weighted by Gasteiger charge is -2.29. The predicted molar refractivity (Wildman–Crippen MR) is 73.4 cm³/mol. The Morgan fingerprint density at radius 1 is 1.39 bits per heavy atom. The molecule has 100 valence electrons. The molecule has 0 aliphatic heterocycles. The molecule has 0 atom stereocenters. The first-order valence-corrected chi connectivity index (χ1v) is 7.87. The maximum atomic E-state index is 12.2. The molecule has 1 fully saturated rings. The predicted octanol–water partition coefficient (Wildman–Crippen LogP) is 1.83. The minimum Gasteiger partial charge on any atom is -0.399 e. The monoisotopic (exact) mass is 268 g/mol. The molecule has 0 amide bonds. The summed E-state index contributed by atoms with van der Waals surface area (Å²) in [6.07, 6.45) is 3.53. The van der Waals surface area contributed by atoms with Crippen molar-refractivity contribution in [3.05, 3.63) is 29.8 Å². The van der Waals surface area contributed by atoms with Gasteiger partial charge in [-0.05, 0) is 36.5 Å². The lowest BCUT2D eigenvalue weighted by molar-refractivity contribution is 0.263. The van der Waals surface area contributed by atoms with Gasteiger partial charge in [0.05, 0.1) is 5.75 Å². The van der Waals surface area contributed by atoms with Crippen LogP contribution in [0.1, 0.15) is 24.8 Å². The van der Waals surface area contributed by atoms with Gasteiger partial charge in [0, 0.05) is 19.3 Å². The van der Waals surface area contributed by atoms with Gasteiger partial charge in [-0.3, -0.25) is 0 Å². The fraction of sp³-hybridized carbons (Fsp3) is 0.538. The van der Waals surface area contributed by atoms with E-state index in [1.165, 1.54) is 10.7 Å². The largest absolute Gasteiger partial charge is 0.399 e. The zero-order valence-corrected chi connectivity index (χ0v) is 11.5. The minimum atomic E-state index is -3.22. The number of nitrogens with zero attached hydrogens (tertiary/aromatic N) is 1. The normalized spacial score (nSPS) is 16.8. The third-order valence-corrected chi connectivity index (χ3v) is 5.31. The van der Waals surface area contributed by atoms with Crippen LogP contribution in [0.15, 0.2) is 24.3 Å². The summed E-state index contributed by atoms with van der Waals surface area (Å²) in [7, 11) is -1.56. The second-order valence-corrected chi connectivity index (χ2v) is 7.15. The lowest BCUT2D eigenvalue weighted by atomic mass is 9.86. The zero-order valence-electron chi connectivity index (χ0n) is 10.7. The third-order valence-electron chi connectivity index (χ3n) is 3.52. The Bertz CT molecular complexity index is 509. The van der Waals surface area contributed by atoms with Gasteiger partial charge in [-0.25, -0.2) is 12.7 Å². The van der Waals surface area contributed by atoms with Crippen molar-refractivity contribution in [1.82, 2.24) is 4.31 Å². The van der Waals surface area contributed by atoms with Crippen LogP contribution < -0.4 is 5.73 Å². The van der Waals surface area contributed by atoms with E-state index in [1.807, 2.05) is 0 Å². The van der Waals surface area contributed by atoms with Crippen molar-refractivity contribution in [3.63, 3.8) is 0 Å². The highest BCUT2D eigenvalue weighted by atomic mass is 32.2. The van der Waals surface area contributed by atoms with E-state index in [-0.39, 0.29) is 5.75 Å². The number of hydrogen-bond acceptors (Lipinski definition) is 3. The number of rotatable bonds is 5. The first kappa shape index (κ1) is 13.4. The van der Waals surface area contributed by atoms with E-state index in [0.29, 0.717) is 18.2 Å². The number of anilines is 1. The van der Waals surface area contributed by atoms with E-state index >= 15 is 0 Å². The summed E-state index contributed by atoms with van der Waals surface area (Å²) in [5.41, 5.74) is 7.00. The number of benzene rings is 1. The van der Waals surface area contributed by atoms with Crippen molar-refractivity contribution in [1.29, 1.82) is 0 Å². The lowest BCUT2D eigenvalue weighted by Crippen LogP contribution is -2.35. The van der Waals surface area contributed by atoms with Crippen LogP contribution in [0, 0.1) is 5.92 Å². The van der Waals surface area contributed by atoms with Crippen molar-refractivity contribution >= 4 is 15.7 Å². The summed E-state index contributed by atoms with van der Waals surface area (Å²) >= 11 is 0. The molecule has 2 rings (SSSR count). The van der Waals surface area contributed by atoms with Crippen LogP contribution in [-0.2, 0) is 15.8 Å². The fourth-order valence-corrected chi connectivity index (χ4v) is 3.42. The molecular weight excluding hydrogens is 248 g/mol. The summed E-state index contributed by atoms with van der Waals surface area (Å²) in [6.45, 7) is 0.644. The van der Waals surface area contributed by atoms with Crippen LogP contribution >= 0.6 is 0 Å².